The summed E-state index contributed by atoms with van der Waals surface area (Å²) in [6, 6.07) is 2.10. The van der Waals surface area contributed by atoms with Crippen molar-refractivity contribution in [2.75, 3.05) is 0 Å². The summed E-state index contributed by atoms with van der Waals surface area (Å²) in [5.41, 5.74) is 0.799. The van der Waals surface area contributed by atoms with Crippen molar-refractivity contribution in [3.8, 4) is 6.07 Å². The van der Waals surface area contributed by atoms with Crippen LogP contribution in [0.2, 0.25) is 5.82 Å². The molecule has 1 aliphatic carbocycles. The largest absolute Gasteiger partial charge is 0.192 e. The second kappa shape index (κ2) is 2.54. The van der Waals surface area contributed by atoms with Gasteiger partial charge < -0.3 is 0 Å². The fourth-order valence-electron chi connectivity index (χ4n) is 0.810. The molecule has 0 aromatic rings. The Morgan fingerprint density at radius 1 is 1.78 bits per heavy atom. The van der Waals surface area contributed by atoms with E-state index in [0.29, 0.717) is 5.82 Å². The summed E-state index contributed by atoms with van der Waals surface area (Å²) in [6.45, 7) is 0. The van der Waals surface area contributed by atoms with Crippen molar-refractivity contribution in [3.05, 3.63) is 23.8 Å². The number of rotatable bonds is 0. The summed E-state index contributed by atoms with van der Waals surface area (Å²) in [4.78, 5) is 0. The molecule has 0 fully saturated rings. The minimum atomic E-state index is 0.613. The molecule has 0 saturated heterocycles. The van der Waals surface area contributed by atoms with E-state index < -0.39 is 0 Å². The van der Waals surface area contributed by atoms with Gasteiger partial charge >= 0.3 is 0 Å². The van der Waals surface area contributed by atoms with Crippen molar-refractivity contribution in [1.82, 2.24) is 0 Å². The summed E-state index contributed by atoms with van der Waals surface area (Å²) in [5.74, 6) is 0.613. The molecular formula is C7H8BN. The van der Waals surface area contributed by atoms with Crippen LogP contribution in [-0.2, 0) is 0 Å². The monoisotopic (exact) mass is 117 g/mol. The molecule has 0 aliphatic heterocycles. The first kappa shape index (κ1) is 6.16. The van der Waals surface area contributed by atoms with Crippen LogP contribution in [0.4, 0.5) is 0 Å². The fraction of sp³-hybridized carbons (Fsp3) is 0.286. The van der Waals surface area contributed by atoms with Gasteiger partial charge in [-0.1, -0.05) is 12.2 Å². The van der Waals surface area contributed by atoms with Crippen LogP contribution in [0.1, 0.15) is 6.42 Å². The molecule has 0 aromatic carbocycles. The quantitative estimate of drug-likeness (QED) is 0.431. The van der Waals surface area contributed by atoms with E-state index in [0.717, 1.165) is 12.0 Å². The van der Waals surface area contributed by atoms with E-state index in [1.54, 1.807) is 0 Å². The van der Waals surface area contributed by atoms with Gasteiger partial charge in [0.05, 0.1) is 6.07 Å². The molecule has 1 rings (SSSR count). The van der Waals surface area contributed by atoms with Crippen molar-refractivity contribution in [1.29, 1.82) is 5.26 Å². The maximum Gasteiger partial charge on any atom is 0.110 e. The topological polar surface area (TPSA) is 23.8 Å². The van der Waals surface area contributed by atoms with Gasteiger partial charge in [-0.2, -0.15) is 5.26 Å². The number of hydrogen-bond acceptors (Lipinski definition) is 1. The molecule has 2 heteroatoms. The Kier molecular flexibility index (Phi) is 1.74. The van der Waals surface area contributed by atoms with Gasteiger partial charge in [0, 0.05) is 5.57 Å². The Labute approximate surface area is 56.1 Å². The van der Waals surface area contributed by atoms with E-state index in [4.69, 9.17) is 5.26 Å². The highest BCUT2D eigenvalue weighted by atomic mass is 14.2. The van der Waals surface area contributed by atoms with E-state index in [9.17, 15) is 0 Å². The average Bonchev–Trinajstić information content (AvgIpc) is 1.90. The average molecular weight is 117 g/mol. The van der Waals surface area contributed by atoms with E-state index >= 15 is 0 Å². The molecule has 0 saturated carbocycles. The van der Waals surface area contributed by atoms with E-state index in [2.05, 4.69) is 20.0 Å². The van der Waals surface area contributed by atoms with E-state index in [1.807, 2.05) is 12.2 Å². The normalized spacial score (nSPS) is 24.8. The highest BCUT2D eigenvalue weighted by Gasteiger charge is 2.00. The number of nitriles is 1. The zero-order chi connectivity index (χ0) is 6.69. The van der Waals surface area contributed by atoms with Crippen LogP contribution in [0.25, 0.3) is 0 Å². The molecule has 1 nitrogen and oxygen atoms in total. The van der Waals surface area contributed by atoms with Crippen LogP contribution in [0.15, 0.2) is 23.8 Å². The van der Waals surface area contributed by atoms with Crippen LogP contribution < -0.4 is 0 Å². The summed E-state index contributed by atoms with van der Waals surface area (Å²) in [5, 5.41) is 8.41. The third kappa shape index (κ3) is 1.46. The van der Waals surface area contributed by atoms with Gasteiger partial charge in [-0.3, -0.25) is 0 Å². The number of hydrogen-bond donors (Lipinski definition) is 0. The second-order valence-electron chi connectivity index (χ2n) is 2.34. The second-order valence-corrected chi connectivity index (χ2v) is 2.34. The summed E-state index contributed by atoms with van der Waals surface area (Å²) in [7, 11) is 2.14. The van der Waals surface area contributed by atoms with Gasteiger partial charge in [-0.05, 0) is 18.3 Å². The van der Waals surface area contributed by atoms with Gasteiger partial charge in [-0.15, -0.1) is 0 Å². The number of allylic oxidation sites excluding steroid dienone is 4. The van der Waals surface area contributed by atoms with E-state index in [-0.39, 0.29) is 0 Å². The molecular weight excluding hydrogens is 109 g/mol. The fourth-order valence-corrected chi connectivity index (χ4v) is 0.810. The Hall–Kier alpha value is -0.965. The Morgan fingerprint density at radius 3 is 3.00 bits per heavy atom. The van der Waals surface area contributed by atoms with Crippen molar-refractivity contribution in [2.45, 2.75) is 12.2 Å². The van der Waals surface area contributed by atoms with Gasteiger partial charge in [0.25, 0.3) is 0 Å². The third-order valence-corrected chi connectivity index (χ3v) is 1.44. The predicted octanol–water partition coefficient (Wildman–Crippen LogP) is 0.818. The highest BCUT2D eigenvalue weighted by molar-refractivity contribution is 6.13. The smallest absolute Gasteiger partial charge is 0.110 e. The SMILES string of the molecule is BC1C=CC(C#N)=CC1. The zero-order valence-electron chi connectivity index (χ0n) is 5.46. The van der Waals surface area contributed by atoms with Crippen molar-refractivity contribution >= 4 is 7.85 Å². The van der Waals surface area contributed by atoms with Crippen molar-refractivity contribution in [2.24, 2.45) is 0 Å². The summed E-state index contributed by atoms with van der Waals surface area (Å²) in [6.07, 6.45) is 6.94. The van der Waals surface area contributed by atoms with Gasteiger partial charge in [-0.25, -0.2) is 0 Å². The Morgan fingerprint density at radius 2 is 2.56 bits per heavy atom. The molecule has 0 N–H and O–H groups in total. The molecule has 0 amide bonds. The predicted molar refractivity (Wildman–Crippen MR) is 39.7 cm³/mol. The molecule has 1 atom stereocenters. The molecule has 0 bridgehead atoms. The van der Waals surface area contributed by atoms with Crippen LogP contribution >= 0.6 is 0 Å². The molecule has 9 heavy (non-hydrogen) atoms. The van der Waals surface area contributed by atoms with Gasteiger partial charge in [0.1, 0.15) is 7.85 Å². The summed E-state index contributed by atoms with van der Waals surface area (Å²) >= 11 is 0. The Bertz CT molecular complexity index is 197. The zero-order valence-corrected chi connectivity index (χ0v) is 5.46. The van der Waals surface area contributed by atoms with Crippen molar-refractivity contribution < 1.29 is 0 Å². The first-order valence-electron chi connectivity index (χ1n) is 3.11. The molecule has 0 aromatic heterocycles. The van der Waals surface area contributed by atoms with Gasteiger partial charge in [0.2, 0.25) is 0 Å². The summed E-state index contributed by atoms with van der Waals surface area (Å²) < 4.78 is 0. The van der Waals surface area contributed by atoms with Crippen LogP contribution in [0.3, 0.4) is 0 Å². The molecule has 0 radical (unpaired) electrons. The lowest BCUT2D eigenvalue weighted by atomic mass is 9.81. The minimum absolute atomic E-state index is 0.613. The molecule has 0 spiro atoms. The van der Waals surface area contributed by atoms with Crippen LogP contribution in [0.5, 0.6) is 0 Å². The van der Waals surface area contributed by atoms with Crippen molar-refractivity contribution in [3.63, 3.8) is 0 Å². The molecule has 1 aliphatic rings. The maximum absolute atomic E-state index is 8.41. The first-order valence-corrected chi connectivity index (χ1v) is 3.11. The lowest BCUT2D eigenvalue weighted by Crippen LogP contribution is -1.90. The highest BCUT2D eigenvalue weighted by Crippen LogP contribution is 2.16. The Balaban J connectivity index is 2.66. The minimum Gasteiger partial charge on any atom is -0.192 e. The molecule has 0 heterocycles. The standard InChI is InChI=1S/C7H8BN/c8-7-3-1-6(5-9)2-4-7/h1-3,7H,4,8H2. The lowest BCUT2D eigenvalue weighted by Gasteiger charge is -2.05. The molecule has 1 unspecified atom stereocenters. The molecule has 44 valence electrons. The van der Waals surface area contributed by atoms with Crippen LogP contribution in [-0.4, -0.2) is 7.85 Å². The third-order valence-electron chi connectivity index (χ3n) is 1.44. The number of nitrogens with zero attached hydrogens (tertiary/aromatic N) is 1. The maximum atomic E-state index is 8.41. The van der Waals surface area contributed by atoms with Crippen LogP contribution in [0, 0.1) is 11.3 Å². The first-order chi connectivity index (χ1) is 4.33. The van der Waals surface area contributed by atoms with Gasteiger partial charge in [0.15, 0.2) is 0 Å². The lowest BCUT2D eigenvalue weighted by molar-refractivity contribution is 1.02. The van der Waals surface area contributed by atoms with E-state index in [1.165, 1.54) is 0 Å².